The molecule has 1 fully saturated rings. The van der Waals surface area contributed by atoms with Crippen LogP contribution in [0.2, 0.25) is 36.3 Å². The van der Waals surface area contributed by atoms with Crippen LogP contribution in [0.5, 0.6) is 0 Å². The highest BCUT2D eigenvalue weighted by Crippen LogP contribution is 2.48. The molecule has 1 aromatic carbocycles. The first-order chi connectivity index (χ1) is 23.2. The Morgan fingerprint density at radius 3 is 1.94 bits per heavy atom. The highest BCUT2D eigenvalue weighted by atomic mass is 32.2. The molecule has 1 heterocycles. The summed E-state index contributed by atoms with van der Waals surface area (Å²) in [6.45, 7) is 25.0. The van der Waals surface area contributed by atoms with Crippen molar-refractivity contribution >= 4 is 32.4 Å². The van der Waals surface area contributed by atoms with Crippen molar-refractivity contribution < 1.29 is 51.2 Å². The Hall–Kier alpha value is -1.21. The van der Waals surface area contributed by atoms with Gasteiger partial charge in [-0.1, -0.05) is 73.6 Å². The highest BCUT2D eigenvalue weighted by molar-refractivity contribution is 7.91. The van der Waals surface area contributed by atoms with Gasteiger partial charge in [-0.05, 0) is 54.8 Å². The molecule has 1 aromatic rings. The predicted molar refractivity (Wildman–Crippen MR) is 204 cm³/mol. The molecule has 1 saturated heterocycles. The Morgan fingerprint density at radius 2 is 1.47 bits per heavy atom. The molecule has 0 spiro atoms. The number of ether oxygens (including phenoxy) is 4. The lowest BCUT2D eigenvalue weighted by Gasteiger charge is -2.55. The van der Waals surface area contributed by atoms with E-state index in [2.05, 4.69) is 67.7 Å². The van der Waals surface area contributed by atoms with Crippen molar-refractivity contribution in [3.8, 4) is 0 Å². The fourth-order valence-electron chi connectivity index (χ4n) is 6.17. The molecule has 0 bridgehead atoms. The van der Waals surface area contributed by atoms with Crippen LogP contribution in [0.25, 0.3) is 0 Å². The van der Waals surface area contributed by atoms with Gasteiger partial charge in [-0.15, -0.1) is 0 Å². The van der Waals surface area contributed by atoms with Crippen molar-refractivity contribution in [3.05, 3.63) is 30.3 Å². The number of sulfone groups is 1. The fourth-order valence-corrected chi connectivity index (χ4v) is 10.4. The van der Waals surface area contributed by atoms with Gasteiger partial charge in [-0.25, -0.2) is 8.42 Å². The maximum atomic E-state index is 13.4. The van der Waals surface area contributed by atoms with E-state index >= 15 is 0 Å². The lowest BCUT2D eigenvalue weighted by molar-refractivity contribution is -0.367. The molecule has 296 valence electrons. The Kier molecular flexibility index (Phi) is 15.8. The van der Waals surface area contributed by atoms with Gasteiger partial charge in [0.15, 0.2) is 26.5 Å². The minimum Gasteiger partial charge on any atom is -0.469 e. The summed E-state index contributed by atoms with van der Waals surface area (Å²) in [6, 6.07) is 8.27. The lowest BCUT2D eigenvalue weighted by atomic mass is 9.76. The van der Waals surface area contributed by atoms with Crippen LogP contribution in [0.3, 0.4) is 0 Å². The molecule has 0 amide bonds. The molecule has 0 unspecified atom stereocenters. The third kappa shape index (κ3) is 10.9. The molecule has 2 rings (SSSR count). The lowest BCUT2D eigenvalue weighted by Crippen LogP contribution is -2.68. The van der Waals surface area contributed by atoms with Crippen LogP contribution >= 0.6 is 0 Å². The maximum absolute atomic E-state index is 13.4. The van der Waals surface area contributed by atoms with Gasteiger partial charge in [-0.2, -0.15) is 0 Å². The van der Waals surface area contributed by atoms with E-state index in [-0.39, 0.29) is 45.9 Å². The summed E-state index contributed by atoms with van der Waals surface area (Å²) in [5.41, 5.74) is 0. The number of benzene rings is 1. The zero-order valence-electron chi connectivity index (χ0n) is 33.8. The second-order valence-corrected chi connectivity index (χ2v) is 28.8. The molecular weight excluding hydrogens is 709 g/mol. The number of hydrogen-bond acceptors (Lipinski definition) is 11. The first-order valence-corrected chi connectivity index (χ1v) is 25.5. The second kappa shape index (κ2) is 17.5. The second-order valence-electron chi connectivity index (χ2n) is 17.2. The largest absolute Gasteiger partial charge is 0.469 e. The molecule has 11 nitrogen and oxygen atoms in total. The van der Waals surface area contributed by atoms with Crippen molar-refractivity contribution in [2.45, 2.75) is 158 Å². The van der Waals surface area contributed by atoms with Crippen LogP contribution in [0.4, 0.5) is 0 Å². The van der Waals surface area contributed by atoms with Gasteiger partial charge >= 0.3 is 5.97 Å². The van der Waals surface area contributed by atoms with E-state index < -0.39 is 80.8 Å². The van der Waals surface area contributed by atoms with Gasteiger partial charge in [0.05, 0.1) is 54.7 Å². The van der Waals surface area contributed by atoms with Gasteiger partial charge < -0.3 is 38.0 Å². The fraction of sp³-hybridized carbons (Fsp3) is 0.811. The van der Waals surface area contributed by atoms with Gasteiger partial charge in [0.1, 0.15) is 6.10 Å². The summed E-state index contributed by atoms with van der Waals surface area (Å²) >= 11 is 0. The van der Waals surface area contributed by atoms with E-state index in [4.69, 9.17) is 27.8 Å². The van der Waals surface area contributed by atoms with Crippen LogP contribution in [0, 0.1) is 11.8 Å². The Balaban J connectivity index is 2.53. The number of esters is 1. The maximum Gasteiger partial charge on any atom is 0.308 e. The Bertz CT molecular complexity index is 1360. The number of hydrogen-bond donors (Lipinski definition) is 2. The van der Waals surface area contributed by atoms with E-state index in [1.165, 1.54) is 21.3 Å². The van der Waals surface area contributed by atoms with Gasteiger partial charge in [-0.3, -0.25) is 4.79 Å². The normalized spacial score (nSPS) is 26.3. The molecule has 1 aliphatic rings. The number of carbonyl (C=O) groups excluding carboxylic acids is 1. The molecule has 1 aliphatic heterocycles. The minimum atomic E-state index is -3.65. The van der Waals surface area contributed by atoms with E-state index in [0.717, 1.165) is 0 Å². The summed E-state index contributed by atoms with van der Waals surface area (Å²) in [5.74, 6) is -3.31. The summed E-state index contributed by atoms with van der Waals surface area (Å²) in [5, 5.41) is 23.6. The number of rotatable bonds is 17. The molecule has 14 heteroatoms. The van der Waals surface area contributed by atoms with Gasteiger partial charge in [0.25, 0.3) is 0 Å². The molecule has 2 N–H and O–H groups in total. The Labute approximate surface area is 310 Å². The number of aliphatic hydroxyl groups excluding tert-OH is 2. The van der Waals surface area contributed by atoms with Crippen LogP contribution in [0.1, 0.15) is 74.7 Å². The predicted octanol–water partition coefficient (Wildman–Crippen LogP) is 6.33. The molecule has 0 aromatic heterocycles. The molecule has 0 saturated carbocycles. The van der Waals surface area contributed by atoms with E-state index in [9.17, 15) is 23.4 Å². The summed E-state index contributed by atoms with van der Waals surface area (Å²) in [7, 11) is -4.30. The molecule has 0 radical (unpaired) electrons. The highest BCUT2D eigenvalue weighted by Gasteiger charge is 2.59. The topological polar surface area (TPSA) is 147 Å². The minimum absolute atomic E-state index is 0.102. The SMILES string of the molecule is COC(=O)C[C@H]1O[C@@](OC)([C@@H](O)[C@H](O)C[C@H](OC)[C@H](CCS(=O)(=O)c2ccccc2)O[Si](C)(C)C(C)(C)C)[C@H](C)[C@@H](O[Si](C)(C)C(C)(C)C)[C@H]1C. The smallest absolute Gasteiger partial charge is 0.308 e. The molecular formula is C37H68O11SSi2. The quantitative estimate of drug-likeness (QED) is 0.135. The number of aliphatic hydroxyl groups is 2. The van der Waals surface area contributed by atoms with E-state index in [1.54, 1.807) is 30.3 Å². The van der Waals surface area contributed by atoms with Crippen molar-refractivity contribution in [1.82, 2.24) is 0 Å². The van der Waals surface area contributed by atoms with E-state index in [1.807, 2.05) is 13.8 Å². The average molecular weight is 777 g/mol. The molecule has 51 heavy (non-hydrogen) atoms. The van der Waals surface area contributed by atoms with Crippen molar-refractivity contribution in [1.29, 1.82) is 0 Å². The molecule has 0 aliphatic carbocycles. The summed E-state index contributed by atoms with van der Waals surface area (Å²) in [4.78, 5) is 12.8. The van der Waals surface area contributed by atoms with Crippen LogP contribution in [-0.2, 0) is 42.4 Å². The monoisotopic (exact) mass is 776 g/mol. The third-order valence-electron chi connectivity index (χ3n) is 11.7. The van der Waals surface area contributed by atoms with Crippen molar-refractivity contribution in [3.63, 3.8) is 0 Å². The summed E-state index contributed by atoms with van der Waals surface area (Å²) in [6.07, 6.45) is -5.96. The van der Waals surface area contributed by atoms with Crippen LogP contribution < -0.4 is 0 Å². The molecule has 9 atom stereocenters. The van der Waals surface area contributed by atoms with Crippen LogP contribution in [0.15, 0.2) is 35.2 Å². The van der Waals surface area contributed by atoms with Gasteiger partial charge in [0.2, 0.25) is 5.79 Å². The standard InChI is InChI=1S/C37H68O11SSi2/c1-25-30(24-32(39)44-10)46-37(45-11,26(2)33(25)48-51(14,15)36(6,7)8)34(40)28(38)23-31(43-9)29(47-50(12,13)35(3,4)5)21-22-49(41,42)27-19-17-16-18-20-27/h16-20,25-26,28-31,33-34,38,40H,21-24H2,1-15H3/t25-,26+,28+,29-,30+,31-,33-,34-,37+/m0/s1. The van der Waals surface area contributed by atoms with Gasteiger partial charge in [0, 0.05) is 32.5 Å². The summed E-state index contributed by atoms with van der Waals surface area (Å²) < 4.78 is 64.0. The number of carbonyl (C=O) groups is 1. The number of methoxy groups -OCH3 is 3. The van der Waals surface area contributed by atoms with Crippen molar-refractivity contribution in [2.24, 2.45) is 11.8 Å². The average Bonchev–Trinajstić information content (AvgIpc) is 3.04. The first kappa shape index (κ1) is 45.9. The Morgan fingerprint density at radius 1 is 0.922 bits per heavy atom. The third-order valence-corrected chi connectivity index (χ3v) is 22.5. The first-order valence-electron chi connectivity index (χ1n) is 18.0. The van der Waals surface area contributed by atoms with E-state index in [0.29, 0.717) is 0 Å². The zero-order valence-corrected chi connectivity index (χ0v) is 36.6. The van der Waals surface area contributed by atoms with Crippen molar-refractivity contribution in [2.75, 3.05) is 27.1 Å². The zero-order chi connectivity index (χ0) is 39.4. The van der Waals surface area contributed by atoms with Crippen LogP contribution in [-0.4, -0.2) is 111 Å².